The van der Waals surface area contributed by atoms with Gasteiger partial charge in [0.25, 0.3) is 0 Å². The molecular weight excluding hydrogens is 969 g/mol. The maximum Gasteiger partial charge on any atom is 0.303 e. The SMILES string of the molecule is C=C1CO[C@@]2(O[C@H]3C[C@H]4[C@@H]5CC=C6C[C@@H](O)C[C@@H](O[C@@H]7OC[C@H](O)[C@H](O[C@@H]8OC[C@@H](O)[C@H](O)[C@H]8O)[C@H]7O[C@@H]7O[C@@H](C)[C@H](OC(C)=O)[C@@H](O[C@@H]8OC[C@](O)(CO)[C@H]8O)[C@H]7O)[C@]6(C)[C@H]5CC[C@]4(C)[C@H]3[C@@H]2C)[C@@H](O)[C@H]1O. The summed E-state index contributed by atoms with van der Waals surface area (Å²) in [6.07, 6.45) is -22.3. The molecule has 0 radical (unpaired) electrons. The maximum absolute atomic E-state index is 12.4. The minimum absolute atomic E-state index is 0.0203. The number of esters is 1. The van der Waals surface area contributed by atoms with Crippen LogP contribution in [0.5, 0.6) is 0 Å². The zero-order valence-electron chi connectivity index (χ0n) is 41.8. The number of hydrogen-bond donors (Lipinski definition) is 11. The normalized spacial score (nSPS) is 55.9. The van der Waals surface area contributed by atoms with Crippen LogP contribution < -0.4 is 0 Å². The number of allylic oxidation sites excluding steroid dienone is 1. The van der Waals surface area contributed by atoms with Crippen molar-refractivity contribution < 1.29 is 113 Å². The molecule has 0 aromatic carbocycles. The maximum atomic E-state index is 12.4. The number of rotatable bonds is 10. The fraction of sp³-hybridized carbons (Fsp3) is 0.900. The first kappa shape index (κ1) is 54.5. The lowest BCUT2D eigenvalue weighted by Gasteiger charge is -2.60. The van der Waals surface area contributed by atoms with Crippen LogP contribution >= 0.6 is 0 Å². The number of carbonyl (C=O) groups is 1. The van der Waals surface area contributed by atoms with Crippen LogP contribution in [0.25, 0.3) is 0 Å². The van der Waals surface area contributed by atoms with E-state index in [1.54, 1.807) is 0 Å². The van der Waals surface area contributed by atoms with E-state index < -0.39 is 166 Å². The molecule has 9 fully saturated rings. The van der Waals surface area contributed by atoms with Gasteiger partial charge in [-0.25, -0.2) is 0 Å². The van der Waals surface area contributed by atoms with Crippen molar-refractivity contribution in [2.24, 2.45) is 40.4 Å². The van der Waals surface area contributed by atoms with Gasteiger partial charge in [-0.15, -0.1) is 0 Å². The van der Waals surface area contributed by atoms with E-state index in [0.717, 1.165) is 31.8 Å². The second kappa shape index (κ2) is 20.1. The first-order valence-corrected chi connectivity index (χ1v) is 25.9. The van der Waals surface area contributed by atoms with E-state index in [1.807, 2.05) is 6.92 Å². The molecule has 0 amide bonds. The van der Waals surface area contributed by atoms with E-state index in [-0.39, 0.29) is 54.1 Å². The highest BCUT2D eigenvalue weighted by Gasteiger charge is 2.72. The van der Waals surface area contributed by atoms with Crippen LogP contribution in [0.4, 0.5) is 0 Å². The van der Waals surface area contributed by atoms with Crippen molar-refractivity contribution in [3.8, 4) is 0 Å². The number of fused-ring (bicyclic) bond motifs is 7. The zero-order chi connectivity index (χ0) is 52.4. The topological polar surface area (TPSA) is 341 Å². The molecule has 29 atom stereocenters. The van der Waals surface area contributed by atoms with Gasteiger partial charge >= 0.3 is 5.97 Å². The number of aliphatic hydroxyl groups excluding tert-OH is 10. The quantitative estimate of drug-likeness (QED) is 0.0787. The van der Waals surface area contributed by atoms with Crippen LogP contribution in [0, 0.1) is 40.4 Å². The summed E-state index contributed by atoms with van der Waals surface area (Å²) in [5, 5.41) is 121. The lowest BCUT2D eigenvalue weighted by molar-refractivity contribution is -0.387. The highest BCUT2D eigenvalue weighted by Crippen LogP contribution is 2.71. The van der Waals surface area contributed by atoms with E-state index >= 15 is 0 Å². The summed E-state index contributed by atoms with van der Waals surface area (Å²) in [5.41, 5.74) is -1.62. The van der Waals surface area contributed by atoms with E-state index in [9.17, 15) is 61.0 Å². The first-order valence-electron chi connectivity index (χ1n) is 25.9. The number of carbonyl (C=O) groups excluding carboxylic acids is 1. The Morgan fingerprint density at radius 2 is 1.49 bits per heavy atom. The Bertz CT molecular complexity index is 2060. The molecule has 23 heteroatoms. The molecule has 0 aromatic rings. The third-order valence-corrected chi connectivity index (χ3v) is 19.0. The van der Waals surface area contributed by atoms with Crippen LogP contribution in [0.2, 0.25) is 0 Å². The second-order valence-electron chi connectivity index (χ2n) is 23.1. The summed E-state index contributed by atoms with van der Waals surface area (Å²) >= 11 is 0. The predicted molar refractivity (Wildman–Crippen MR) is 243 cm³/mol. The molecule has 0 aromatic heterocycles. The van der Waals surface area contributed by atoms with Crippen molar-refractivity contribution in [1.29, 1.82) is 0 Å². The van der Waals surface area contributed by atoms with Gasteiger partial charge in [0, 0.05) is 24.7 Å². The lowest BCUT2D eigenvalue weighted by Crippen LogP contribution is -2.66. The van der Waals surface area contributed by atoms with Crippen molar-refractivity contribution >= 4 is 5.97 Å². The molecule has 6 saturated heterocycles. The molecule has 23 nitrogen and oxygen atoms in total. The van der Waals surface area contributed by atoms with E-state index in [4.69, 9.17) is 52.1 Å². The molecule has 0 bridgehead atoms. The number of ether oxygens (including phenoxy) is 11. The van der Waals surface area contributed by atoms with Gasteiger partial charge < -0.3 is 108 Å². The molecule has 414 valence electrons. The highest BCUT2D eigenvalue weighted by molar-refractivity contribution is 5.66. The van der Waals surface area contributed by atoms with Crippen molar-refractivity contribution in [1.82, 2.24) is 0 Å². The largest absolute Gasteiger partial charge is 0.457 e. The molecule has 6 aliphatic heterocycles. The van der Waals surface area contributed by atoms with Gasteiger partial charge in [-0.3, -0.25) is 4.79 Å². The van der Waals surface area contributed by atoms with Crippen molar-refractivity contribution in [2.45, 2.75) is 207 Å². The lowest BCUT2D eigenvalue weighted by atomic mass is 9.46. The molecule has 1 spiro atoms. The third kappa shape index (κ3) is 8.91. The van der Waals surface area contributed by atoms with Crippen LogP contribution in [0.3, 0.4) is 0 Å². The molecule has 73 heavy (non-hydrogen) atoms. The molecule has 10 rings (SSSR count). The molecule has 11 N–H and O–H groups in total. The summed E-state index contributed by atoms with van der Waals surface area (Å²) in [6, 6.07) is 0. The summed E-state index contributed by atoms with van der Waals surface area (Å²) < 4.78 is 68.0. The molecule has 3 saturated carbocycles. The average Bonchev–Trinajstić information content (AvgIpc) is 3.93. The summed E-state index contributed by atoms with van der Waals surface area (Å²) in [4.78, 5) is 12.4. The minimum Gasteiger partial charge on any atom is -0.457 e. The fourth-order valence-electron chi connectivity index (χ4n) is 15.1. The molecule has 0 unspecified atom stereocenters. The second-order valence-corrected chi connectivity index (χ2v) is 23.1. The highest BCUT2D eigenvalue weighted by atomic mass is 16.8. The van der Waals surface area contributed by atoms with Gasteiger partial charge in [0.15, 0.2) is 31.3 Å². The van der Waals surface area contributed by atoms with E-state index in [1.165, 1.54) is 6.92 Å². The summed E-state index contributed by atoms with van der Waals surface area (Å²) in [6.45, 7) is 10.8. The van der Waals surface area contributed by atoms with Crippen LogP contribution in [0.15, 0.2) is 23.8 Å². The van der Waals surface area contributed by atoms with Crippen LogP contribution in [-0.4, -0.2) is 229 Å². The first-order chi connectivity index (χ1) is 34.5. The van der Waals surface area contributed by atoms with Crippen molar-refractivity contribution in [2.75, 3.05) is 33.0 Å². The average molecular weight is 1050 g/mol. The Balaban J connectivity index is 0.942. The molecular formula is C50H76O23. The minimum atomic E-state index is -2.11. The van der Waals surface area contributed by atoms with Crippen molar-refractivity contribution in [3.05, 3.63) is 23.8 Å². The Labute approximate surface area is 422 Å². The van der Waals surface area contributed by atoms with Gasteiger partial charge in [-0.1, -0.05) is 39.0 Å². The molecule has 4 aliphatic carbocycles. The Hall–Kier alpha value is -1.89. The molecule has 10 aliphatic rings. The van der Waals surface area contributed by atoms with Gasteiger partial charge in [-0.2, -0.15) is 0 Å². The van der Waals surface area contributed by atoms with Gasteiger partial charge in [-0.05, 0) is 73.7 Å². The monoisotopic (exact) mass is 1040 g/mol. The Kier molecular flexibility index (Phi) is 15.0. The number of aliphatic hydroxyl groups is 11. The Morgan fingerprint density at radius 3 is 2.21 bits per heavy atom. The number of hydrogen-bond acceptors (Lipinski definition) is 23. The van der Waals surface area contributed by atoms with Gasteiger partial charge in [0.05, 0.1) is 57.5 Å². The smallest absolute Gasteiger partial charge is 0.303 e. The zero-order valence-corrected chi connectivity index (χ0v) is 41.8. The van der Waals surface area contributed by atoms with Crippen molar-refractivity contribution in [3.63, 3.8) is 0 Å². The van der Waals surface area contributed by atoms with Crippen LogP contribution in [-0.2, 0) is 56.9 Å². The van der Waals surface area contributed by atoms with Gasteiger partial charge in [0.1, 0.15) is 72.7 Å². The van der Waals surface area contributed by atoms with E-state index in [0.29, 0.717) is 18.4 Å². The Morgan fingerprint density at radius 1 is 0.795 bits per heavy atom. The third-order valence-electron chi connectivity index (χ3n) is 19.0. The van der Waals surface area contributed by atoms with E-state index in [2.05, 4.69) is 26.5 Å². The van der Waals surface area contributed by atoms with Gasteiger partial charge in [0.2, 0.25) is 5.79 Å². The summed E-state index contributed by atoms with van der Waals surface area (Å²) in [5.74, 6) is -2.01. The van der Waals surface area contributed by atoms with Crippen LogP contribution in [0.1, 0.15) is 73.1 Å². The fourth-order valence-corrected chi connectivity index (χ4v) is 15.1. The summed E-state index contributed by atoms with van der Waals surface area (Å²) in [7, 11) is 0. The molecule has 6 heterocycles. The predicted octanol–water partition coefficient (Wildman–Crippen LogP) is -2.64. The standard InChI is InChI=1S/C50H76O23/c1-19-14-66-50(41(60)33(19)56)20(2)32-30(73-50)13-27-25-8-7-23-11-24(53)12-31(48(23,6)26(25)9-10-47(27,32)5)69-45-40(38(29(55)16-64-45)70-43-35(58)34(57)28(54)15-63-43)72-44-36(59)39(37(21(3)67-44)68-22(4)52)71-46-42(61)49(62,17-51)18-65-46/h7,20-21,24-46,51,53-62H,1,8-18H2,2-6H3/t20-,21-,24+,25+,26-,27-,28+,29-,30-,31+,32-,33-,34-,35+,36+,37-,38-,39-,40+,41-,42-,43-,44-,45-,46-,47-,48-,49+,50-/m0/s1.